The number of carbonyl (C=O) groups excluding carboxylic acids is 1. The molecule has 28 heavy (non-hydrogen) atoms. The van der Waals surface area contributed by atoms with Gasteiger partial charge in [0.05, 0.1) is 17.1 Å². The van der Waals surface area contributed by atoms with Crippen molar-refractivity contribution in [3.8, 4) is 0 Å². The van der Waals surface area contributed by atoms with Gasteiger partial charge in [0, 0.05) is 31.9 Å². The first-order valence-electron chi connectivity index (χ1n) is 9.46. The van der Waals surface area contributed by atoms with Crippen LogP contribution in [0.3, 0.4) is 0 Å². The number of benzene rings is 2. The monoisotopic (exact) mass is 416 g/mol. The van der Waals surface area contributed by atoms with Gasteiger partial charge in [-0.05, 0) is 42.5 Å². The van der Waals surface area contributed by atoms with E-state index in [0.29, 0.717) is 5.02 Å². The lowest BCUT2D eigenvalue weighted by atomic mass is 10.1. The van der Waals surface area contributed by atoms with E-state index in [1.807, 2.05) is 48.5 Å². The van der Waals surface area contributed by atoms with Crippen LogP contribution in [0.25, 0.3) is 0 Å². The van der Waals surface area contributed by atoms with Crippen LogP contribution in [0.4, 0.5) is 11.4 Å². The number of thiocarbonyl (C=S) groups is 1. The van der Waals surface area contributed by atoms with E-state index in [1.165, 1.54) is 0 Å². The molecule has 1 heterocycles. The molecule has 148 valence electrons. The normalized spacial score (nSPS) is 14.6. The van der Waals surface area contributed by atoms with E-state index in [1.54, 1.807) is 0 Å². The largest absolute Gasteiger partial charge is 0.368 e. The van der Waals surface area contributed by atoms with Crippen LogP contribution >= 0.6 is 23.8 Å². The summed E-state index contributed by atoms with van der Waals surface area (Å²) in [5.74, 6) is -0.153. The number of hydrogen-bond acceptors (Lipinski definition) is 4. The second-order valence-electron chi connectivity index (χ2n) is 6.75. The van der Waals surface area contributed by atoms with Crippen molar-refractivity contribution in [1.82, 2.24) is 10.2 Å². The third-order valence-electron chi connectivity index (χ3n) is 4.83. The Hall–Kier alpha value is -2.15. The van der Waals surface area contributed by atoms with Gasteiger partial charge in [0.25, 0.3) is 0 Å². The summed E-state index contributed by atoms with van der Waals surface area (Å²) in [6, 6.07) is 15.3. The average molecular weight is 417 g/mol. The fourth-order valence-electron chi connectivity index (χ4n) is 3.26. The number of likely N-dealkylation sites (N-methyl/N-ethyl adjacent to an activating group) is 1. The summed E-state index contributed by atoms with van der Waals surface area (Å²) in [5, 5.41) is 6.68. The maximum atomic E-state index is 12.1. The van der Waals surface area contributed by atoms with Crippen molar-refractivity contribution in [2.24, 2.45) is 0 Å². The lowest BCUT2D eigenvalue weighted by Crippen LogP contribution is -2.46. The number of carbonyl (C=O) groups is 1. The molecule has 0 aliphatic carbocycles. The van der Waals surface area contributed by atoms with Crippen LogP contribution in [-0.4, -0.2) is 48.6 Å². The third-order valence-corrected chi connectivity index (χ3v) is 5.33. The Bertz CT molecular complexity index is 822. The first-order chi connectivity index (χ1) is 13.5. The van der Waals surface area contributed by atoms with E-state index in [9.17, 15) is 4.79 Å². The zero-order valence-electron chi connectivity index (χ0n) is 16.0. The van der Waals surface area contributed by atoms with Crippen LogP contribution in [0.5, 0.6) is 0 Å². The lowest BCUT2D eigenvalue weighted by Gasteiger charge is -2.36. The summed E-state index contributed by atoms with van der Waals surface area (Å²) in [5.41, 5.74) is 2.73. The SMILES string of the molecule is CCN1CCN(c2ccc(NC(=S)NC(=O)Cc3ccccc3)cc2Cl)CC1. The number of hydrogen-bond donors (Lipinski definition) is 2. The topological polar surface area (TPSA) is 47.6 Å². The molecule has 0 saturated carbocycles. The molecular weight excluding hydrogens is 392 g/mol. The van der Waals surface area contributed by atoms with Crippen LogP contribution in [0.15, 0.2) is 48.5 Å². The van der Waals surface area contributed by atoms with E-state index in [-0.39, 0.29) is 17.4 Å². The Morgan fingerprint density at radius 3 is 2.46 bits per heavy atom. The van der Waals surface area contributed by atoms with Crippen LogP contribution < -0.4 is 15.5 Å². The van der Waals surface area contributed by atoms with E-state index in [4.69, 9.17) is 23.8 Å². The van der Waals surface area contributed by atoms with Crippen molar-refractivity contribution >= 4 is 46.2 Å². The standard InChI is InChI=1S/C21H25ClN4OS/c1-2-25-10-12-26(13-11-25)19-9-8-17(15-18(19)22)23-21(28)24-20(27)14-16-6-4-3-5-7-16/h3-9,15H,2,10-14H2,1H3,(H2,23,24,27,28). The summed E-state index contributed by atoms with van der Waals surface area (Å²) in [6.07, 6.45) is 0.284. The summed E-state index contributed by atoms with van der Waals surface area (Å²) < 4.78 is 0. The summed E-state index contributed by atoms with van der Waals surface area (Å²) in [4.78, 5) is 16.8. The summed E-state index contributed by atoms with van der Waals surface area (Å²) in [7, 11) is 0. The van der Waals surface area contributed by atoms with E-state index >= 15 is 0 Å². The predicted molar refractivity (Wildman–Crippen MR) is 120 cm³/mol. The highest BCUT2D eigenvalue weighted by Gasteiger charge is 2.18. The molecule has 0 spiro atoms. The fraction of sp³-hybridized carbons (Fsp3) is 0.333. The Kier molecular flexibility index (Phi) is 7.25. The molecule has 1 fully saturated rings. The molecule has 1 amide bonds. The van der Waals surface area contributed by atoms with Gasteiger partial charge in [0.1, 0.15) is 0 Å². The van der Waals surface area contributed by atoms with Crippen molar-refractivity contribution in [2.45, 2.75) is 13.3 Å². The van der Waals surface area contributed by atoms with Gasteiger partial charge in [0.15, 0.2) is 5.11 Å². The van der Waals surface area contributed by atoms with Gasteiger partial charge in [-0.3, -0.25) is 4.79 Å². The molecule has 0 unspecified atom stereocenters. The second kappa shape index (κ2) is 9.87. The molecule has 5 nitrogen and oxygen atoms in total. The number of amides is 1. The molecule has 2 aromatic rings. The van der Waals surface area contributed by atoms with Crippen LogP contribution in [0.1, 0.15) is 12.5 Å². The zero-order valence-corrected chi connectivity index (χ0v) is 17.5. The van der Waals surface area contributed by atoms with Gasteiger partial charge in [-0.2, -0.15) is 0 Å². The number of rotatable bonds is 5. The number of halogens is 1. The van der Waals surface area contributed by atoms with Gasteiger partial charge >= 0.3 is 0 Å². The van der Waals surface area contributed by atoms with E-state index in [2.05, 4.69) is 27.4 Å². The molecule has 3 rings (SSSR count). The van der Waals surface area contributed by atoms with Gasteiger partial charge < -0.3 is 20.4 Å². The number of piperazine rings is 1. The second-order valence-corrected chi connectivity index (χ2v) is 7.57. The van der Waals surface area contributed by atoms with Gasteiger partial charge in [-0.15, -0.1) is 0 Å². The number of nitrogens with one attached hydrogen (secondary N) is 2. The molecule has 1 aliphatic heterocycles. The quantitative estimate of drug-likeness (QED) is 0.730. The Morgan fingerprint density at radius 1 is 1.11 bits per heavy atom. The predicted octanol–water partition coefficient (Wildman–Crippen LogP) is 3.54. The zero-order chi connectivity index (χ0) is 19.9. The third kappa shape index (κ3) is 5.67. The molecule has 0 atom stereocenters. The molecule has 1 saturated heterocycles. The Morgan fingerprint density at radius 2 is 1.82 bits per heavy atom. The van der Waals surface area contributed by atoms with Crippen molar-refractivity contribution in [3.05, 3.63) is 59.1 Å². The summed E-state index contributed by atoms with van der Waals surface area (Å²) in [6.45, 7) is 7.29. The van der Waals surface area contributed by atoms with Crippen molar-refractivity contribution in [1.29, 1.82) is 0 Å². The molecule has 1 aliphatic rings. The minimum absolute atomic E-state index is 0.153. The molecule has 7 heteroatoms. The highest BCUT2D eigenvalue weighted by atomic mass is 35.5. The summed E-state index contributed by atoms with van der Waals surface area (Å²) >= 11 is 11.8. The lowest BCUT2D eigenvalue weighted by molar-refractivity contribution is -0.119. The maximum Gasteiger partial charge on any atom is 0.230 e. The minimum atomic E-state index is -0.153. The molecule has 0 radical (unpaired) electrons. The van der Waals surface area contributed by atoms with Crippen LogP contribution in [0.2, 0.25) is 5.02 Å². The van der Waals surface area contributed by atoms with Gasteiger partial charge in [0.2, 0.25) is 5.91 Å². The van der Waals surface area contributed by atoms with Crippen LogP contribution in [-0.2, 0) is 11.2 Å². The first-order valence-corrected chi connectivity index (χ1v) is 10.3. The molecule has 2 aromatic carbocycles. The van der Waals surface area contributed by atoms with E-state index in [0.717, 1.165) is 49.7 Å². The van der Waals surface area contributed by atoms with Gasteiger partial charge in [-0.1, -0.05) is 48.9 Å². The molecular formula is C21H25ClN4OS. The minimum Gasteiger partial charge on any atom is -0.368 e. The van der Waals surface area contributed by atoms with Crippen molar-refractivity contribution in [3.63, 3.8) is 0 Å². The van der Waals surface area contributed by atoms with Gasteiger partial charge in [-0.25, -0.2) is 0 Å². The average Bonchev–Trinajstić information content (AvgIpc) is 2.69. The number of anilines is 2. The molecule has 0 bridgehead atoms. The maximum absolute atomic E-state index is 12.1. The van der Waals surface area contributed by atoms with Crippen molar-refractivity contribution < 1.29 is 4.79 Å². The molecule has 0 aromatic heterocycles. The smallest absolute Gasteiger partial charge is 0.230 e. The Labute approximate surface area is 176 Å². The highest BCUT2D eigenvalue weighted by Crippen LogP contribution is 2.29. The van der Waals surface area contributed by atoms with E-state index < -0.39 is 0 Å². The van der Waals surface area contributed by atoms with Crippen LogP contribution in [0, 0.1) is 0 Å². The fourth-order valence-corrected chi connectivity index (χ4v) is 3.79. The highest BCUT2D eigenvalue weighted by molar-refractivity contribution is 7.80. The van der Waals surface area contributed by atoms with Crippen molar-refractivity contribution in [2.75, 3.05) is 42.9 Å². The molecule has 2 N–H and O–H groups in total. The first kappa shape index (κ1) is 20.6. The Balaban J connectivity index is 1.53. The number of nitrogens with zero attached hydrogens (tertiary/aromatic N) is 2.